The first kappa shape index (κ1) is 20.7. The van der Waals surface area contributed by atoms with Gasteiger partial charge in [-0.05, 0) is 13.3 Å². The first-order valence-electron chi connectivity index (χ1n) is 8.24. The van der Waals surface area contributed by atoms with Gasteiger partial charge >= 0.3 is 5.97 Å². The lowest BCUT2D eigenvalue weighted by Gasteiger charge is -2.21. The molecular weight excluding hydrogens is 372 g/mol. The minimum absolute atomic E-state index is 0.0494. The second kappa shape index (κ2) is 8.36. The number of anilines is 1. The number of carbonyl (C=O) groups is 3. The van der Waals surface area contributed by atoms with E-state index >= 15 is 0 Å². The molecule has 1 aromatic carbocycles. The number of carbonyl (C=O) groups excluding carboxylic acids is 3. The maximum Gasteiger partial charge on any atom is 0.313 e. The molecular formula is C17H18F4N2O4. The SMILES string of the molecule is CCOC(=O)CC(=O)c1c(F)c(F)c(N2CCC(NC(C)=O)C2)c(F)c1F. The number of benzene rings is 1. The molecule has 0 bridgehead atoms. The van der Waals surface area contributed by atoms with Crippen LogP contribution in [0, 0.1) is 23.3 Å². The second-order valence-electron chi connectivity index (χ2n) is 6.02. The van der Waals surface area contributed by atoms with Gasteiger partial charge in [0.2, 0.25) is 5.91 Å². The molecule has 0 radical (unpaired) electrons. The van der Waals surface area contributed by atoms with E-state index in [1.807, 2.05) is 0 Å². The molecule has 0 saturated carbocycles. The van der Waals surface area contributed by atoms with Gasteiger partial charge in [-0.2, -0.15) is 0 Å². The fraction of sp³-hybridized carbons (Fsp3) is 0.471. The molecule has 10 heteroatoms. The van der Waals surface area contributed by atoms with E-state index in [1.165, 1.54) is 13.8 Å². The second-order valence-corrected chi connectivity index (χ2v) is 6.02. The molecule has 1 amide bonds. The smallest absolute Gasteiger partial charge is 0.313 e. The molecule has 1 aliphatic heterocycles. The Kier molecular flexibility index (Phi) is 6.40. The van der Waals surface area contributed by atoms with Gasteiger partial charge in [0, 0.05) is 26.1 Å². The van der Waals surface area contributed by atoms with Gasteiger partial charge in [-0.3, -0.25) is 14.4 Å². The van der Waals surface area contributed by atoms with E-state index in [4.69, 9.17) is 0 Å². The molecule has 0 aromatic heterocycles. The summed E-state index contributed by atoms with van der Waals surface area (Å²) in [5, 5.41) is 2.55. The third-order valence-electron chi connectivity index (χ3n) is 4.04. The number of hydrogen-bond donors (Lipinski definition) is 1. The van der Waals surface area contributed by atoms with Crippen LogP contribution in [-0.2, 0) is 14.3 Å². The van der Waals surface area contributed by atoms with Gasteiger partial charge in [0.25, 0.3) is 0 Å². The molecule has 1 aliphatic rings. The molecule has 1 aromatic rings. The molecule has 1 N–H and O–H groups in total. The summed E-state index contributed by atoms with van der Waals surface area (Å²) in [6.45, 7) is 2.66. The summed E-state index contributed by atoms with van der Waals surface area (Å²) in [6.07, 6.45) is -0.723. The monoisotopic (exact) mass is 390 g/mol. The van der Waals surface area contributed by atoms with Gasteiger partial charge in [-0.1, -0.05) is 0 Å². The van der Waals surface area contributed by atoms with Crippen molar-refractivity contribution in [2.75, 3.05) is 24.6 Å². The predicted molar refractivity (Wildman–Crippen MR) is 86.3 cm³/mol. The van der Waals surface area contributed by atoms with Gasteiger partial charge in [-0.25, -0.2) is 17.6 Å². The van der Waals surface area contributed by atoms with Crippen molar-refractivity contribution in [3.05, 3.63) is 28.8 Å². The number of halogens is 4. The predicted octanol–water partition coefficient (Wildman–Crippen LogP) is 2.09. The van der Waals surface area contributed by atoms with Crippen LogP contribution in [0.3, 0.4) is 0 Å². The van der Waals surface area contributed by atoms with Crippen LogP contribution in [0.1, 0.15) is 37.0 Å². The van der Waals surface area contributed by atoms with E-state index < -0.39 is 58.7 Å². The molecule has 2 rings (SSSR count). The number of nitrogens with one attached hydrogen (secondary N) is 1. The molecule has 1 fully saturated rings. The Morgan fingerprint density at radius 3 is 2.22 bits per heavy atom. The topological polar surface area (TPSA) is 75.7 Å². The number of esters is 1. The highest BCUT2D eigenvalue weighted by Gasteiger charge is 2.35. The lowest BCUT2D eigenvalue weighted by molar-refractivity contribution is -0.142. The van der Waals surface area contributed by atoms with Crippen molar-refractivity contribution in [2.24, 2.45) is 0 Å². The molecule has 0 spiro atoms. The maximum atomic E-state index is 14.4. The van der Waals surface area contributed by atoms with E-state index in [0.717, 1.165) is 4.90 Å². The standard InChI is InChI=1S/C17H18F4N2O4/c1-3-27-11(26)6-10(25)12-13(18)15(20)17(16(21)14(12)19)23-5-4-9(7-23)22-8(2)24/h9H,3-7H2,1-2H3,(H,22,24). The van der Waals surface area contributed by atoms with E-state index in [-0.39, 0.29) is 25.6 Å². The number of hydrogen-bond acceptors (Lipinski definition) is 5. The summed E-state index contributed by atoms with van der Waals surface area (Å²) in [4.78, 5) is 35.3. The quantitative estimate of drug-likeness (QED) is 0.265. The Bertz CT molecular complexity index is 756. The zero-order chi connectivity index (χ0) is 20.3. The van der Waals surface area contributed by atoms with Crippen molar-refractivity contribution in [1.82, 2.24) is 5.32 Å². The van der Waals surface area contributed by atoms with Crippen molar-refractivity contribution in [1.29, 1.82) is 0 Å². The molecule has 6 nitrogen and oxygen atoms in total. The summed E-state index contributed by atoms with van der Waals surface area (Å²) >= 11 is 0. The highest BCUT2D eigenvalue weighted by atomic mass is 19.2. The molecule has 27 heavy (non-hydrogen) atoms. The minimum Gasteiger partial charge on any atom is -0.466 e. The molecule has 0 aliphatic carbocycles. The van der Waals surface area contributed by atoms with Crippen molar-refractivity contribution >= 4 is 23.3 Å². The summed E-state index contributed by atoms with van der Waals surface area (Å²) in [5.74, 6) is -10.1. The normalized spacial score (nSPS) is 16.4. The summed E-state index contributed by atoms with van der Waals surface area (Å²) < 4.78 is 61.9. The van der Waals surface area contributed by atoms with Crippen LogP contribution in [0.2, 0.25) is 0 Å². The zero-order valence-electron chi connectivity index (χ0n) is 14.7. The number of nitrogens with zero attached hydrogens (tertiary/aromatic N) is 1. The van der Waals surface area contributed by atoms with Gasteiger partial charge in [0.05, 0.1) is 12.2 Å². The fourth-order valence-corrected chi connectivity index (χ4v) is 2.94. The number of rotatable bonds is 6. The molecule has 1 atom stereocenters. The van der Waals surface area contributed by atoms with Gasteiger partial charge in [0.15, 0.2) is 29.1 Å². The van der Waals surface area contributed by atoms with Crippen molar-refractivity contribution in [3.63, 3.8) is 0 Å². The van der Waals surface area contributed by atoms with Crippen molar-refractivity contribution in [2.45, 2.75) is 32.7 Å². The molecule has 148 valence electrons. The van der Waals surface area contributed by atoms with Crippen molar-refractivity contribution < 1.29 is 36.7 Å². The van der Waals surface area contributed by atoms with Crippen LogP contribution in [0.5, 0.6) is 0 Å². The number of Topliss-reactive ketones (excluding diaryl/α,β-unsaturated/α-hetero) is 1. The lowest BCUT2D eigenvalue weighted by Crippen LogP contribution is -2.36. The Balaban J connectivity index is 2.34. The number of ketones is 1. The van der Waals surface area contributed by atoms with E-state index in [1.54, 1.807) is 0 Å². The molecule has 1 unspecified atom stereocenters. The van der Waals surface area contributed by atoms with Crippen LogP contribution in [0.15, 0.2) is 0 Å². The highest BCUT2D eigenvalue weighted by Crippen LogP contribution is 2.33. The molecule has 1 heterocycles. The van der Waals surface area contributed by atoms with E-state index in [9.17, 15) is 31.9 Å². The minimum atomic E-state index is -1.87. The van der Waals surface area contributed by atoms with Crippen LogP contribution in [0.4, 0.5) is 23.2 Å². The Morgan fingerprint density at radius 2 is 1.70 bits per heavy atom. The summed E-state index contributed by atoms with van der Waals surface area (Å²) in [5.41, 5.74) is -2.41. The number of ether oxygens (including phenoxy) is 1. The first-order valence-corrected chi connectivity index (χ1v) is 8.24. The average molecular weight is 390 g/mol. The third-order valence-corrected chi connectivity index (χ3v) is 4.04. The highest BCUT2D eigenvalue weighted by molar-refractivity contribution is 6.06. The average Bonchev–Trinajstić information content (AvgIpc) is 3.00. The fourth-order valence-electron chi connectivity index (χ4n) is 2.94. The number of amides is 1. The van der Waals surface area contributed by atoms with Crippen LogP contribution in [0.25, 0.3) is 0 Å². The van der Waals surface area contributed by atoms with Gasteiger partial charge in [0.1, 0.15) is 12.1 Å². The van der Waals surface area contributed by atoms with E-state index in [2.05, 4.69) is 10.1 Å². The first-order chi connectivity index (χ1) is 12.7. The van der Waals surface area contributed by atoms with Gasteiger partial charge < -0.3 is 15.0 Å². The Hall–Kier alpha value is -2.65. The van der Waals surface area contributed by atoms with Crippen LogP contribution in [-0.4, -0.2) is 43.4 Å². The van der Waals surface area contributed by atoms with Crippen LogP contribution >= 0.6 is 0 Å². The maximum absolute atomic E-state index is 14.4. The van der Waals surface area contributed by atoms with Crippen LogP contribution < -0.4 is 10.2 Å². The summed E-state index contributed by atoms with van der Waals surface area (Å²) in [7, 11) is 0. The summed E-state index contributed by atoms with van der Waals surface area (Å²) in [6, 6.07) is -0.433. The lowest BCUT2D eigenvalue weighted by atomic mass is 10.0. The third kappa shape index (κ3) is 4.37. The van der Waals surface area contributed by atoms with E-state index in [0.29, 0.717) is 6.42 Å². The molecule has 1 saturated heterocycles. The van der Waals surface area contributed by atoms with Gasteiger partial charge in [-0.15, -0.1) is 0 Å². The van der Waals surface area contributed by atoms with Crippen molar-refractivity contribution in [3.8, 4) is 0 Å². The largest absolute Gasteiger partial charge is 0.466 e. The Morgan fingerprint density at radius 1 is 1.11 bits per heavy atom. The Labute approximate surface area is 152 Å². The zero-order valence-corrected chi connectivity index (χ0v) is 14.7.